The summed E-state index contributed by atoms with van der Waals surface area (Å²) in [6.07, 6.45) is 0. The van der Waals surface area contributed by atoms with Gasteiger partial charge in [-0.1, -0.05) is 5.16 Å². The number of nitrogens with one attached hydrogen (secondary N) is 1. The molecule has 1 aromatic carbocycles. The van der Waals surface area contributed by atoms with E-state index < -0.39 is 0 Å². The molecule has 2 aromatic rings. The third kappa shape index (κ3) is 2.21. The molecule has 0 spiro atoms. The van der Waals surface area contributed by atoms with E-state index in [2.05, 4.69) is 31.4 Å². The largest absolute Gasteiger partial charge is 0.338 e. The lowest BCUT2D eigenvalue weighted by Crippen LogP contribution is -1.95. The van der Waals surface area contributed by atoms with Crippen molar-refractivity contribution in [2.45, 2.75) is 6.92 Å². The van der Waals surface area contributed by atoms with E-state index in [1.165, 1.54) is 12.1 Å². The van der Waals surface area contributed by atoms with Gasteiger partial charge in [-0.15, -0.1) is 0 Å². The van der Waals surface area contributed by atoms with Crippen molar-refractivity contribution in [3.63, 3.8) is 0 Å². The highest BCUT2D eigenvalue weighted by atomic mass is 79.9. The maximum absolute atomic E-state index is 12.9. The van der Waals surface area contributed by atoms with Crippen LogP contribution in [0.1, 0.15) is 6.92 Å². The van der Waals surface area contributed by atoms with Crippen molar-refractivity contribution in [1.82, 2.24) is 10.1 Å². The maximum atomic E-state index is 12.9. The predicted octanol–water partition coefficient (Wildman–Crippen LogP) is 3.07. The Hall–Kier alpha value is -1.43. The monoisotopic (exact) mass is 285 g/mol. The summed E-state index contributed by atoms with van der Waals surface area (Å²) in [5.74, 6) is 0.105. The molecule has 2 rings (SSSR count). The highest BCUT2D eigenvalue weighted by molar-refractivity contribution is 9.10. The summed E-state index contributed by atoms with van der Waals surface area (Å²) < 4.78 is 18.4. The van der Waals surface area contributed by atoms with Crippen molar-refractivity contribution in [2.24, 2.45) is 0 Å². The number of hydrogen-bond acceptors (Lipinski definition) is 4. The van der Waals surface area contributed by atoms with Gasteiger partial charge in [-0.05, 0) is 41.1 Å². The molecule has 0 aliphatic carbocycles. The van der Waals surface area contributed by atoms with E-state index in [0.717, 1.165) is 0 Å². The second-order valence-electron chi connectivity index (χ2n) is 3.08. The molecule has 6 heteroatoms. The molecule has 0 amide bonds. The molecule has 16 heavy (non-hydrogen) atoms. The summed E-state index contributed by atoms with van der Waals surface area (Å²) in [7, 11) is 0. The van der Waals surface area contributed by atoms with Gasteiger partial charge < -0.3 is 9.84 Å². The van der Waals surface area contributed by atoms with Gasteiger partial charge in [-0.3, -0.25) is 0 Å². The van der Waals surface area contributed by atoms with E-state index >= 15 is 0 Å². The first-order valence-corrected chi connectivity index (χ1v) is 5.53. The standard InChI is InChI=1S/C10H9BrFN3O/c1-2-13-10-14-9(15-16-10)7-4-3-6(12)5-8(7)11/h3-5H,2H2,1H3,(H,13,14,15). The van der Waals surface area contributed by atoms with Gasteiger partial charge in [0.25, 0.3) is 0 Å². The third-order valence-electron chi connectivity index (χ3n) is 1.93. The van der Waals surface area contributed by atoms with Crippen molar-refractivity contribution in [1.29, 1.82) is 0 Å². The molecule has 0 atom stereocenters. The van der Waals surface area contributed by atoms with E-state index in [1.807, 2.05) is 6.92 Å². The molecule has 0 unspecified atom stereocenters. The molecule has 0 bridgehead atoms. The molecule has 0 aliphatic heterocycles. The minimum atomic E-state index is -0.314. The maximum Gasteiger partial charge on any atom is 0.321 e. The van der Waals surface area contributed by atoms with Crippen LogP contribution in [0.25, 0.3) is 11.4 Å². The smallest absolute Gasteiger partial charge is 0.321 e. The number of benzene rings is 1. The van der Waals surface area contributed by atoms with Gasteiger partial charge in [0.2, 0.25) is 5.82 Å². The summed E-state index contributed by atoms with van der Waals surface area (Å²) in [5.41, 5.74) is 0.689. The number of rotatable bonds is 3. The van der Waals surface area contributed by atoms with E-state index in [0.29, 0.717) is 28.4 Å². The van der Waals surface area contributed by atoms with Gasteiger partial charge in [0.15, 0.2) is 0 Å². The molecule has 0 saturated carbocycles. The van der Waals surface area contributed by atoms with Gasteiger partial charge in [-0.2, -0.15) is 4.98 Å². The Morgan fingerprint density at radius 1 is 1.50 bits per heavy atom. The average Bonchev–Trinajstić information content (AvgIpc) is 2.67. The Balaban J connectivity index is 2.35. The Morgan fingerprint density at radius 3 is 3.00 bits per heavy atom. The fourth-order valence-corrected chi connectivity index (χ4v) is 1.75. The van der Waals surface area contributed by atoms with Crippen molar-refractivity contribution in [3.05, 3.63) is 28.5 Å². The fraction of sp³-hybridized carbons (Fsp3) is 0.200. The van der Waals surface area contributed by atoms with Crippen LogP contribution in [0.2, 0.25) is 0 Å². The molecule has 1 N–H and O–H groups in total. The van der Waals surface area contributed by atoms with Crippen LogP contribution in [0.3, 0.4) is 0 Å². The average molecular weight is 286 g/mol. The first kappa shape index (κ1) is 11.1. The van der Waals surface area contributed by atoms with Gasteiger partial charge in [0.1, 0.15) is 5.82 Å². The zero-order valence-corrected chi connectivity index (χ0v) is 10.1. The van der Waals surface area contributed by atoms with Crippen LogP contribution >= 0.6 is 15.9 Å². The number of aromatic nitrogens is 2. The lowest BCUT2D eigenvalue weighted by Gasteiger charge is -1.98. The van der Waals surface area contributed by atoms with E-state index in [4.69, 9.17) is 4.52 Å². The van der Waals surface area contributed by atoms with Gasteiger partial charge in [0.05, 0.1) is 0 Å². The molecule has 4 nitrogen and oxygen atoms in total. The summed E-state index contributed by atoms with van der Waals surface area (Å²) in [6.45, 7) is 2.63. The molecule has 0 saturated heterocycles. The number of anilines is 1. The Labute approximate surface area is 100.0 Å². The minimum absolute atomic E-state index is 0.314. The van der Waals surface area contributed by atoms with Gasteiger partial charge in [-0.25, -0.2) is 4.39 Å². The Bertz CT molecular complexity index is 501. The summed E-state index contributed by atoms with van der Waals surface area (Å²) in [6, 6.07) is 4.66. The number of halogens is 2. The number of nitrogens with zero attached hydrogens (tertiary/aromatic N) is 2. The highest BCUT2D eigenvalue weighted by Crippen LogP contribution is 2.27. The molecular weight excluding hydrogens is 277 g/mol. The zero-order valence-electron chi connectivity index (χ0n) is 8.50. The topological polar surface area (TPSA) is 51.0 Å². The lowest BCUT2D eigenvalue weighted by molar-refractivity contribution is 0.432. The van der Waals surface area contributed by atoms with Crippen LogP contribution < -0.4 is 5.32 Å². The zero-order chi connectivity index (χ0) is 11.5. The molecule has 0 fully saturated rings. The van der Waals surface area contributed by atoms with Crippen LogP contribution in [0.5, 0.6) is 0 Å². The third-order valence-corrected chi connectivity index (χ3v) is 2.58. The second kappa shape index (κ2) is 4.61. The van der Waals surface area contributed by atoms with E-state index in [1.54, 1.807) is 6.07 Å². The van der Waals surface area contributed by atoms with E-state index in [9.17, 15) is 4.39 Å². The van der Waals surface area contributed by atoms with Gasteiger partial charge >= 0.3 is 6.01 Å². The number of hydrogen-bond donors (Lipinski definition) is 1. The van der Waals surface area contributed by atoms with Crippen LogP contribution in [-0.2, 0) is 0 Å². The molecule has 0 radical (unpaired) electrons. The molecule has 84 valence electrons. The van der Waals surface area contributed by atoms with E-state index in [-0.39, 0.29) is 5.82 Å². The first-order valence-electron chi connectivity index (χ1n) is 4.73. The molecule has 1 heterocycles. The lowest BCUT2D eigenvalue weighted by atomic mass is 10.2. The summed E-state index contributed by atoms with van der Waals surface area (Å²) >= 11 is 3.25. The minimum Gasteiger partial charge on any atom is -0.338 e. The SMILES string of the molecule is CCNc1nc(-c2ccc(F)cc2Br)no1. The Morgan fingerprint density at radius 2 is 2.31 bits per heavy atom. The van der Waals surface area contributed by atoms with Gasteiger partial charge in [0, 0.05) is 16.6 Å². The normalized spacial score (nSPS) is 10.4. The molecule has 1 aromatic heterocycles. The van der Waals surface area contributed by atoms with Crippen LogP contribution in [-0.4, -0.2) is 16.7 Å². The van der Waals surface area contributed by atoms with Crippen LogP contribution in [0.15, 0.2) is 27.2 Å². The van der Waals surface area contributed by atoms with Crippen LogP contribution in [0, 0.1) is 5.82 Å². The summed E-state index contributed by atoms with van der Waals surface area (Å²) in [5, 5.41) is 6.69. The highest BCUT2D eigenvalue weighted by Gasteiger charge is 2.11. The molecular formula is C10H9BrFN3O. The fourth-order valence-electron chi connectivity index (χ4n) is 1.23. The Kier molecular flexibility index (Phi) is 3.19. The van der Waals surface area contributed by atoms with Crippen molar-refractivity contribution in [2.75, 3.05) is 11.9 Å². The summed E-state index contributed by atoms with van der Waals surface area (Å²) in [4.78, 5) is 4.12. The van der Waals surface area contributed by atoms with Crippen LogP contribution in [0.4, 0.5) is 10.4 Å². The molecule has 0 aliphatic rings. The van der Waals surface area contributed by atoms with Crippen molar-refractivity contribution < 1.29 is 8.91 Å². The first-order chi connectivity index (χ1) is 7.70. The van der Waals surface area contributed by atoms with Crippen molar-refractivity contribution >= 4 is 21.9 Å². The predicted molar refractivity (Wildman–Crippen MR) is 61.6 cm³/mol. The van der Waals surface area contributed by atoms with Crippen molar-refractivity contribution in [3.8, 4) is 11.4 Å². The quantitative estimate of drug-likeness (QED) is 0.942. The second-order valence-corrected chi connectivity index (χ2v) is 3.93.